The largest absolute Gasteiger partial charge is 0.351 e. The third kappa shape index (κ3) is 4.32. The van der Waals surface area contributed by atoms with Crippen molar-refractivity contribution < 1.29 is 4.79 Å². The number of nitrogens with zero attached hydrogens (tertiary/aromatic N) is 1. The molecular weight excluding hydrogens is 316 g/mol. The van der Waals surface area contributed by atoms with Gasteiger partial charge in [0, 0.05) is 29.2 Å². The summed E-state index contributed by atoms with van der Waals surface area (Å²) in [4.78, 5) is 14.5. The Morgan fingerprint density at radius 2 is 2.05 bits per heavy atom. The maximum Gasteiger partial charge on any atom is 0.251 e. The van der Waals surface area contributed by atoms with E-state index in [1.54, 1.807) is 0 Å². The van der Waals surface area contributed by atoms with E-state index in [1.807, 2.05) is 25.1 Å². The van der Waals surface area contributed by atoms with Crippen LogP contribution in [0.2, 0.25) is 0 Å². The lowest BCUT2D eigenvalue weighted by Crippen LogP contribution is -2.37. The Kier molecular flexibility index (Phi) is 5.61. The second-order valence-corrected chi connectivity index (χ2v) is 6.61. The first kappa shape index (κ1) is 15.5. The van der Waals surface area contributed by atoms with Gasteiger partial charge in [0.15, 0.2) is 0 Å². The van der Waals surface area contributed by atoms with E-state index >= 15 is 0 Å². The van der Waals surface area contributed by atoms with Gasteiger partial charge in [0.05, 0.1) is 0 Å². The maximum atomic E-state index is 12.1. The number of hydrogen-bond acceptors (Lipinski definition) is 2. The fourth-order valence-corrected chi connectivity index (χ4v) is 3.45. The second kappa shape index (κ2) is 7.23. The number of carbonyl (C=O) groups excluding carboxylic acids is 1. The molecule has 0 bridgehead atoms. The van der Waals surface area contributed by atoms with Crippen LogP contribution in [0.25, 0.3) is 0 Å². The number of nitrogens with one attached hydrogen (secondary N) is 1. The van der Waals surface area contributed by atoms with Crippen molar-refractivity contribution in [3.63, 3.8) is 0 Å². The van der Waals surface area contributed by atoms with Gasteiger partial charge in [0.1, 0.15) is 0 Å². The molecule has 1 aliphatic rings. The van der Waals surface area contributed by atoms with Crippen molar-refractivity contribution in [2.45, 2.75) is 38.6 Å². The number of amides is 1. The van der Waals surface area contributed by atoms with Crippen molar-refractivity contribution in [2.75, 3.05) is 20.1 Å². The molecule has 0 radical (unpaired) electrons. The first-order chi connectivity index (χ1) is 9.56. The van der Waals surface area contributed by atoms with Crippen LogP contribution in [-0.2, 0) is 0 Å². The molecule has 0 atom stereocenters. The van der Waals surface area contributed by atoms with Gasteiger partial charge in [0.25, 0.3) is 5.91 Å². The number of aryl methyl sites for hydroxylation is 1. The van der Waals surface area contributed by atoms with Crippen molar-refractivity contribution in [1.82, 2.24) is 10.2 Å². The Labute approximate surface area is 129 Å². The molecule has 0 aliphatic heterocycles. The summed E-state index contributed by atoms with van der Waals surface area (Å²) in [5, 5.41) is 3.01. The van der Waals surface area contributed by atoms with E-state index < -0.39 is 0 Å². The SMILES string of the molecule is Cc1cc(Br)cc(C(=O)NCCN(C)C2CCCC2)c1. The number of halogens is 1. The molecule has 4 heteroatoms. The van der Waals surface area contributed by atoms with E-state index in [9.17, 15) is 4.79 Å². The first-order valence-electron chi connectivity index (χ1n) is 7.32. The van der Waals surface area contributed by atoms with Gasteiger partial charge in [-0.2, -0.15) is 0 Å². The van der Waals surface area contributed by atoms with E-state index in [0.717, 1.165) is 22.1 Å². The molecule has 2 rings (SSSR count). The maximum absolute atomic E-state index is 12.1. The fraction of sp³-hybridized carbons (Fsp3) is 0.562. The van der Waals surface area contributed by atoms with Gasteiger partial charge in [-0.05, 0) is 50.6 Å². The van der Waals surface area contributed by atoms with Crippen LogP contribution in [0.15, 0.2) is 22.7 Å². The first-order valence-corrected chi connectivity index (χ1v) is 8.11. The minimum Gasteiger partial charge on any atom is -0.351 e. The highest BCUT2D eigenvalue weighted by Crippen LogP contribution is 2.21. The number of likely N-dealkylation sites (N-methyl/N-ethyl adjacent to an activating group) is 1. The van der Waals surface area contributed by atoms with E-state index in [4.69, 9.17) is 0 Å². The molecule has 1 aromatic carbocycles. The summed E-state index contributed by atoms with van der Waals surface area (Å²) in [6, 6.07) is 6.49. The average Bonchev–Trinajstić information content (AvgIpc) is 2.91. The number of carbonyl (C=O) groups is 1. The lowest BCUT2D eigenvalue weighted by Gasteiger charge is -2.23. The normalized spacial score (nSPS) is 15.8. The Balaban J connectivity index is 1.79. The monoisotopic (exact) mass is 338 g/mol. The molecular formula is C16H23BrN2O. The lowest BCUT2D eigenvalue weighted by atomic mass is 10.1. The summed E-state index contributed by atoms with van der Waals surface area (Å²) in [6.45, 7) is 3.62. The van der Waals surface area contributed by atoms with E-state index in [0.29, 0.717) is 12.6 Å². The van der Waals surface area contributed by atoms with Gasteiger partial charge in [-0.25, -0.2) is 0 Å². The summed E-state index contributed by atoms with van der Waals surface area (Å²) in [5.41, 5.74) is 1.81. The standard InChI is InChI=1S/C16H23BrN2O/c1-12-9-13(11-14(17)10-12)16(20)18-7-8-19(2)15-5-3-4-6-15/h9-11,15H,3-8H2,1-2H3,(H,18,20). The zero-order valence-corrected chi connectivity index (χ0v) is 13.9. The smallest absolute Gasteiger partial charge is 0.251 e. The predicted molar refractivity (Wildman–Crippen MR) is 86.1 cm³/mol. The summed E-state index contributed by atoms with van der Waals surface area (Å²) in [6.07, 6.45) is 5.29. The van der Waals surface area contributed by atoms with Crippen molar-refractivity contribution in [2.24, 2.45) is 0 Å². The quantitative estimate of drug-likeness (QED) is 0.892. The lowest BCUT2D eigenvalue weighted by molar-refractivity contribution is 0.0947. The van der Waals surface area contributed by atoms with Crippen LogP contribution < -0.4 is 5.32 Å². The number of rotatable bonds is 5. The van der Waals surface area contributed by atoms with Gasteiger partial charge in [-0.1, -0.05) is 28.8 Å². The van der Waals surface area contributed by atoms with Gasteiger partial charge >= 0.3 is 0 Å². The van der Waals surface area contributed by atoms with E-state index in [2.05, 4.69) is 33.2 Å². The molecule has 0 saturated heterocycles. The predicted octanol–water partition coefficient (Wildman–Crippen LogP) is 3.36. The molecule has 0 unspecified atom stereocenters. The molecule has 1 saturated carbocycles. The van der Waals surface area contributed by atoms with E-state index in [-0.39, 0.29) is 5.91 Å². The van der Waals surface area contributed by atoms with Gasteiger partial charge in [-0.15, -0.1) is 0 Å². The van der Waals surface area contributed by atoms with Crippen LogP contribution in [0.3, 0.4) is 0 Å². The van der Waals surface area contributed by atoms with Crippen LogP contribution in [-0.4, -0.2) is 37.0 Å². The topological polar surface area (TPSA) is 32.3 Å². The third-order valence-corrected chi connectivity index (χ3v) is 4.46. The van der Waals surface area contributed by atoms with Crippen molar-refractivity contribution in [3.8, 4) is 0 Å². The van der Waals surface area contributed by atoms with Crippen LogP contribution >= 0.6 is 15.9 Å². The summed E-state index contributed by atoms with van der Waals surface area (Å²) in [5.74, 6) is 0.00854. The van der Waals surface area contributed by atoms with Crippen LogP contribution in [0.5, 0.6) is 0 Å². The molecule has 0 heterocycles. The van der Waals surface area contributed by atoms with Gasteiger partial charge in [0.2, 0.25) is 0 Å². The molecule has 0 aromatic heterocycles. The Hall–Kier alpha value is -0.870. The van der Waals surface area contributed by atoms with Crippen LogP contribution in [0, 0.1) is 6.92 Å². The Bertz CT molecular complexity index is 449. The summed E-state index contributed by atoms with van der Waals surface area (Å²) in [7, 11) is 2.16. The molecule has 1 aliphatic carbocycles. The highest BCUT2D eigenvalue weighted by Gasteiger charge is 2.19. The molecule has 3 nitrogen and oxygen atoms in total. The molecule has 1 N–H and O–H groups in total. The minimum absolute atomic E-state index is 0.00854. The molecule has 1 aromatic rings. The number of hydrogen-bond donors (Lipinski definition) is 1. The number of benzene rings is 1. The molecule has 1 amide bonds. The van der Waals surface area contributed by atoms with Gasteiger partial charge < -0.3 is 10.2 Å². The van der Waals surface area contributed by atoms with E-state index in [1.165, 1.54) is 25.7 Å². The molecule has 0 spiro atoms. The van der Waals surface area contributed by atoms with Crippen LogP contribution in [0.1, 0.15) is 41.6 Å². The fourth-order valence-electron chi connectivity index (χ4n) is 2.84. The van der Waals surface area contributed by atoms with Crippen molar-refractivity contribution >= 4 is 21.8 Å². The average molecular weight is 339 g/mol. The minimum atomic E-state index is 0.00854. The summed E-state index contributed by atoms with van der Waals surface area (Å²) < 4.78 is 0.950. The highest BCUT2D eigenvalue weighted by molar-refractivity contribution is 9.10. The summed E-state index contributed by atoms with van der Waals surface area (Å²) >= 11 is 3.43. The third-order valence-electron chi connectivity index (χ3n) is 4.00. The Morgan fingerprint density at radius 3 is 2.70 bits per heavy atom. The van der Waals surface area contributed by atoms with Crippen molar-refractivity contribution in [3.05, 3.63) is 33.8 Å². The van der Waals surface area contributed by atoms with Crippen LogP contribution in [0.4, 0.5) is 0 Å². The van der Waals surface area contributed by atoms with Gasteiger partial charge in [-0.3, -0.25) is 4.79 Å². The molecule has 110 valence electrons. The second-order valence-electron chi connectivity index (χ2n) is 5.69. The zero-order valence-electron chi connectivity index (χ0n) is 12.3. The molecule has 1 fully saturated rings. The molecule has 20 heavy (non-hydrogen) atoms. The zero-order chi connectivity index (χ0) is 14.5. The van der Waals surface area contributed by atoms with Crippen molar-refractivity contribution in [1.29, 1.82) is 0 Å². The highest BCUT2D eigenvalue weighted by atomic mass is 79.9. The Morgan fingerprint density at radius 1 is 1.35 bits per heavy atom.